The highest BCUT2D eigenvalue weighted by Gasteiger charge is 2.25. The van der Waals surface area contributed by atoms with Gasteiger partial charge < -0.3 is 5.11 Å². The molecular formula is C20H25NO2S2. The first-order valence-corrected chi connectivity index (χ1v) is 10.6. The number of benzene rings is 1. The SMILES string of the molecule is CC(C)(C)c1cc(C(=O)c2cccs2)cc(CN2CCSCC2)c1O. The van der Waals surface area contributed by atoms with Crippen molar-refractivity contribution in [2.75, 3.05) is 24.6 Å². The minimum Gasteiger partial charge on any atom is -0.507 e. The van der Waals surface area contributed by atoms with E-state index in [1.807, 2.05) is 41.4 Å². The van der Waals surface area contributed by atoms with Crippen LogP contribution in [-0.4, -0.2) is 40.4 Å². The lowest BCUT2D eigenvalue weighted by atomic mass is 9.83. The number of phenols is 1. The number of carbonyl (C=O) groups excluding carboxylic acids is 1. The minimum atomic E-state index is -0.220. The first-order chi connectivity index (χ1) is 11.9. The number of carbonyl (C=O) groups is 1. The summed E-state index contributed by atoms with van der Waals surface area (Å²) in [7, 11) is 0. The van der Waals surface area contributed by atoms with Gasteiger partial charge in [0.2, 0.25) is 5.78 Å². The second kappa shape index (κ2) is 7.52. The van der Waals surface area contributed by atoms with Gasteiger partial charge in [0.25, 0.3) is 0 Å². The fraction of sp³-hybridized carbons (Fsp3) is 0.450. The molecule has 0 unspecified atom stereocenters. The van der Waals surface area contributed by atoms with E-state index in [9.17, 15) is 9.90 Å². The van der Waals surface area contributed by atoms with E-state index in [1.54, 1.807) is 0 Å². The summed E-state index contributed by atoms with van der Waals surface area (Å²) in [5, 5.41) is 12.8. The average Bonchev–Trinajstić information content (AvgIpc) is 3.10. The van der Waals surface area contributed by atoms with E-state index in [0.717, 1.165) is 40.6 Å². The summed E-state index contributed by atoms with van der Waals surface area (Å²) >= 11 is 3.43. The second-order valence-electron chi connectivity index (χ2n) is 7.48. The van der Waals surface area contributed by atoms with Crippen molar-refractivity contribution in [1.82, 2.24) is 4.90 Å². The fourth-order valence-corrected chi connectivity index (χ4v) is 4.73. The van der Waals surface area contributed by atoms with E-state index < -0.39 is 0 Å². The number of nitrogens with zero attached hydrogens (tertiary/aromatic N) is 1. The van der Waals surface area contributed by atoms with Gasteiger partial charge in [0.1, 0.15) is 5.75 Å². The Labute approximate surface area is 158 Å². The Morgan fingerprint density at radius 1 is 1.24 bits per heavy atom. The van der Waals surface area contributed by atoms with Crippen molar-refractivity contribution < 1.29 is 9.90 Å². The van der Waals surface area contributed by atoms with Gasteiger partial charge in [-0.25, -0.2) is 0 Å². The summed E-state index contributed by atoms with van der Waals surface area (Å²) in [4.78, 5) is 16.0. The average molecular weight is 376 g/mol. The molecule has 3 rings (SSSR count). The van der Waals surface area contributed by atoms with Crippen molar-refractivity contribution in [3.8, 4) is 5.75 Å². The number of hydrogen-bond acceptors (Lipinski definition) is 5. The van der Waals surface area contributed by atoms with Gasteiger partial charge in [-0.3, -0.25) is 9.69 Å². The molecule has 1 aliphatic rings. The largest absolute Gasteiger partial charge is 0.507 e. The molecule has 0 spiro atoms. The van der Waals surface area contributed by atoms with Crippen molar-refractivity contribution in [3.05, 3.63) is 51.2 Å². The topological polar surface area (TPSA) is 40.5 Å². The molecule has 1 aromatic heterocycles. The number of thioether (sulfide) groups is 1. The van der Waals surface area contributed by atoms with Crippen molar-refractivity contribution in [1.29, 1.82) is 0 Å². The van der Waals surface area contributed by atoms with Gasteiger partial charge in [-0.1, -0.05) is 26.8 Å². The van der Waals surface area contributed by atoms with Gasteiger partial charge in [-0.15, -0.1) is 11.3 Å². The van der Waals surface area contributed by atoms with Crippen molar-refractivity contribution in [3.63, 3.8) is 0 Å². The third-order valence-corrected chi connectivity index (χ3v) is 6.31. The molecule has 3 nitrogen and oxygen atoms in total. The fourth-order valence-electron chi connectivity index (χ4n) is 3.07. The maximum atomic E-state index is 12.9. The van der Waals surface area contributed by atoms with Crippen LogP contribution in [-0.2, 0) is 12.0 Å². The monoisotopic (exact) mass is 375 g/mol. The molecule has 0 bridgehead atoms. The molecule has 0 radical (unpaired) electrons. The second-order valence-corrected chi connectivity index (χ2v) is 9.65. The molecule has 1 saturated heterocycles. The highest BCUT2D eigenvalue weighted by atomic mass is 32.2. The van der Waals surface area contributed by atoms with E-state index in [-0.39, 0.29) is 11.2 Å². The van der Waals surface area contributed by atoms with Crippen LogP contribution in [0.15, 0.2) is 29.6 Å². The van der Waals surface area contributed by atoms with Gasteiger partial charge in [0.15, 0.2) is 0 Å². The molecular weight excluding hydrogens is 350 g/mol. The Bertz CT molecular complexity index is 742. The first-order valence-electron chi connectivity index (χ1n) is 8.61. The molecule has 2 heterocycles. The van der Waals surface area contributed by atoms with Crippen LogP contribution in [0.2, 0.25) is 0 Å². The molecule has 25 heavy (non-hydrogen) atoms. The summed E-state index contributed by atoms with van der Waals surface area (Å²) in [6, 6.07) is 7.51. The summed E-state index contributed by atoms with van der Waals surface area (Å²) < 4.78 is 0. The molecule has 1 N–H and O–H groups in total. The molecule has 2 aromatic rings. The first kappa shape index (κ1) is 18.5. The van der Waals surface area contributed by atoms with Gasteiger partial charge in [0.05, 0.1) is 4.88 Å². The van der Waals surface area contributed by atoms with E-state index >= 15 is 0 Å². The van der Waals surface area contributed by atoms with Crippen LogP contribution >= 0.6 is 23.1 Å². The van der Waals surface area contributed by atoms with Crippen molar-refractivity contribution >= 4 is 28.9 Å². The maximum absolute atomic E-state index is 12.9. The van der Waals surface area contributed by atoms with E-state index in [4.69, 9.17) is 0 Å². The van der Waals surface area contributed by atoms with E-state index in [0.29, 0.717) is 17.9 Å². The molecule has 0 saturated carbocycles. The lowest BCUT2D eigenvalue weighted by molar-refractivity contribution is 0.104. The Hall–Kier alpha value is -1.30. The zero-order valence-corrected chi connectivity index (χ0v) is 16.7. The Kier molecular flexibility index (Phi) is 5.56. The summed E-state index contributed by atoms with van der Waals surface area (Å²) in [6.45, 7) is 8.96. The number of rotatable bonds is 4. The smallest absolute Gasteiger partial charge is 0.202 e. The molecule has 0 aliphatic carbocycles. The van der Waals surface area contributed by atoms with Crippen molar-refractivity contribution in [2.45, 2.75) is 32.7 Å². The van der Waals surface area contributed by atoms with Crippen molar-refractivity contribution in [2.24, 2.45) is 0 Å². The quantitative estimate of drug-likeness (QED) is 0.797. The number of ketones is 1. The number of thiophene rings is 1. The van der Waals surface area contributed by atoms with Gasteiger partial charge in [-0.05, 0) is 29.0 Å². The van der Waals surface area contributed by atoms with Crippen LogP contribution in [0.3, 0.4) is 0 Å². The van der Waals surface area contributed by atoms with Crippen LogP contribution in [0.1, 0.15) is 47.1 Å². The number of hydrogen-bond donors (Lipinski definition) is 1. The molecule has 0 atom stereocenters. The molecule has 1 fully saturated rings. The summed E-state index contributed by atoms with van der Waals surface area (Å²) in [5.41, 5.74) is 2.16. The predicted octanol–water partition coefficient (Wildman–Crippen LogP) is 4.53. The molecule has 5 heteroatoms. The summed E-state index contributed by atoms with van der Waals surface area (Å²) in [6.07, 6.45) is 0. The molecule has 1 aromatic carbocycles. The third-order valence-electron chi connectivity index (χ3n) is 4.50. The number of phenolic OH excluding ortho intramolecular Hbond substituents is 1. The predicted molar refractivity (Wildman–Crippen MR) is 107 cm³/mol. The Balaban J connectivity index is 2.00. The zero-order chi connectivity index (χ0) is 18.0. The van der Waals surface area contributed by atoms with Crippen LogP contribution in [0.4, 0.5) is 0 Å². The van der Waals surface area contributed by atoms with E-state index in [1.165, 1.54) is 11.3 Å². The highest BCUT2D eigenvalue weighted by Crippen LogP contribution is 2.36. The summed E-state index contributed by atoms with van der Waals surface area (Å²) in [5.74, 6) is 2.63. The van der Waals surface area contributed by atoms with Gasteiger partial charge in [0, 0.05) is 47.8 Å². The zero-order valence-electron chi connectivity index (χ0n) is 15.0. The van der Waals surface area contributed by atoms with Gasteiger partial charge in [-0.2, -0.15) is 11.8 Å². The van der Waals surface area contributed by atoms with Gasteiger partial charge >= 0.3 is 0 Å². The Morgan fingerprint density at radius 2 is 1.96 bits per heavy atom. The van der Waals surface area contributed by atoms with E-state index in [2.05, 4.69) is 25.7 Å². The lowest BCUT2D eigenvalue weighted by Gasteiger charge is -2.28. The van der Waals surface area contributed by atoms with Crippen LogP contribution in [0, 0.1) is 0 Å². The maximum Gasteiger partial charge on any atom is 0.202 e. The highest BCUT2D eigenvalue weighted by molar-refractivity contribution is 7.99. The number of aromatic hydroxyl groups is 1. The van der Waals surface area contributed by atoms with Crippen LogP contribution in [0.25, 0.3) is 0 Å². The third kappa shape index (κ3) is 4.27. The molecule has 0 amide bonds. The van der Waals surface area contributed by atoms with Crippen LogP contribution < -0.4 is 0 Å². The Morgan fingerprint density at radius 3 is 2.56 bits per heavy atom. The molecule has 1 aliphatic heterocycles. The standard InChI is InChI=1S/C20H25NO2S2/c1-20(2,3)16-12-14(19(23)17-5-4-8-25-17)11-15(18(16)22)13-21-6-9-24-10-7-21/h4-5,8,11-12,22H,6-7,9-10,13H2,1-3H3. The molecule has 134 valence electrons. The minimum absolute atomic E-state index is 0.0379. The van der Waals surface area contributed by atoms with Crippen LogP contribution in [0.5, 0.6) is 5.75 Å². The lowest BCUT2D eigenvalue weighted by Crippen LogP contribution is -2.32. The normalized spacial score (nSPS) is 16.1.